The van der Waals surface area contributed by atoms with Crippen molar-refractivity contribution in [1.29, 1.82) is 0 Å². The van der Waals surface area contributed by atoms with Crippen molar-refractivity contribution < 1.29 is 9.53 Å². The molecule has 5 nitrogen and oxygen atoms in total. The van der Waals surface area contributed by atoms with Crippen LogP contribution in [0.1, 0.15) is 35.9 Å². The van der Waals surface area contributed by atoms with Crippen molar-refractivity contribution in [1.82, 2.24) is 4.98 Å². The molecule has 0 atom stereocenters. The van der Waals surface area contributed by atoms with Crippen LogP contribution in [0.4, 0.5) is 10.9 Å². The second kappa shape index (κ2) is 4.69. The number of nitrogens with two attached hydrogens (primary N) is 1. The van der Waals surface area contributed by atoms with E-state index in [1.165, 1.54) is 17.8 Å². The number of esters is 1. The third kappa shape index (κ3) is 2.27. The summed E-state index contributed by atoms with van der Waals surface area (Å²) in [5.74, 6) is -0.135. The maximum Gasteiger partial charge on any atom is 0.352 e. The second-order valence-corrected chi connectivity index (χ2v) is 4.73. The van der Waals surface area contributed by atoms with E-state index in [2.05, 4.69) is 10.3 Å². The molecular formula is C10H15N3O2S. The summed E-state index contributed by atoms with van der Waals surface area (Å²) >= 11 is 1.26. The number of rotatable bonds is 4. The molecule has 0 unspecified atom stereocenters. The zero-order valence-electron chi connectivity index (χ0n) is 9.16. The summed E-state index contributed by atoms with van der Waals surface area (Å²) in [6.45, 7) is 2.12. The van der Waals surface area contributed by atoms with Crippen LogP contribution in [0.15, 0.2) is 0 Å². The van der Waals surface area contributed by atoms with Crippen LogP contribution in [0.5, 0.6) is 0 Å². The monoisotopic (exact) mass is 241 g/mol. The largest absolute Gasteiger partial charge is 0.462 e. The summed E-state index contributed by atoms with van der Waals surface area (Å²) in [6.07, 6.45) is 3.58. The van der Waals surface area contributed by atoms with E-state index in [1.807, 2.05) is 0 Å². The van der Waals surface area contributed by atoms with Gasteiger partial charge in [-0.25, -0.2) is 9.78 Å². The fourth-order valence-electron chi connectivity index (χ4n) is 1.46. The average Bonchev–Trinajstić information content (AvgIpc) is 2.54. The number of thiazole rings is 1. The van der Waals surface area contributed by atoms with Gasteiger partial charge >= 0.3 is 5.97 Å². The van der Waals surface area contributed by atoms with Crippen molar-refractivity contribution in [3.8, 4) is 0 Å². The number of nitrogens with one attached hydrogen (secondary N) is 1. The molecule has 0 aliphatic heterocycles. The number of anilines is 2. The van der Waals surface area contributed by atoms with E-state index in [0.29, 0.717) is 22.7 Å². The van der Waals surface area contributed by atoms with E-state index in [-0.39, 0.29) is 11.8 Å². The molecule has 1 aliphatic carbocycles. The van der Waals surface area contributed by atoms with Crippen molar-refractivity contribution in [3.05, 3.63) is 4.88 Å². The lowest BCUT2D eigenvalue weighted by Crippen LogP contribution is -2.26. The predicted molar refractivity (Wildman–Crippen MR) is 63.7 cm³/mol. The van der Waals surface area contributed by atoms with Gasteiger partial charge in [-0.15, -0.1) is 0 Å². The Morgan fingerprint density at radius 2 is 2.44 bits per heavy atom. The molecule has 6 heteroatoms. The van der Waals surface area contributed by atoms with E-state index in [0.717, 1.165) is 12.8 Å². The second-order valence-electron chi connectivity index (χ2n) is 3.73. The van der Waals surface area contributed by atoms with Gasteiger partial charge in [0.15, 0.2) is 15.8 Å². The van der Waals surface area contributed by atoms with Gasteiger partial charge in [-0.2, -0.15) is 0 Å². The van der Waals surface area contributed by atoms with Gasteiger partial charge in [-0.1, -0.05) is 11.3 Å². The Kier molecular flexibility index (Phi) is 3.28. The van der Waals surface area contributed by atoms with Gasteiger partial charge in [0.25, 0.3) is 0 Å². The summed E-state index contributed by atoms with van der Waals surface area (Å²) in [5, 5.41) is 3.97. The number of aromatic nitrogens is 1. The van der Waals surface area contributed by atoms with Crippen LogP contribution in [-0.2, 0) is 4.74 Å². The van der Waals surface area contributed by atoms with Crippen molar-refractivity contribution in [2.45, 2.75) is 32.2 Å². The molecule has 0 radical (unpaired) electrons. The third-order valence-corrected chi connectivity index (χ3v) is 3.53. The van der Waals surface area contributed by atoms with Crippen LogP contribution in [0.3, 0.4) is 0 Å². The van der Waals surface area contributed by atoms with E-state index in [1.54, 1.807) is 6.92 Å². The molecule has 1 saturated carbocycles. The first kappa shape index (κ1) is 11.2. The minimum Gasteiger partial charge on any atom is -0.462 e. The molecule has 88 valence electrons. The first-order valence-corrected chi connectivity index (χ1v) is 6.22. The number of ether oxygens (including phenoxy) is 1. The molecule has 16 heavy (non-hydrogen) atoms. The normalized spacial score (nSPS) is 15.6. The van der Waals surface area contributed by atoms with Crippen LogP contribution in [0, 0.1) is 0 Å². The van der Waals surface area contributed by atoms with Crippen LogP contribution < -0.4 is 11.1 Å². The maximum atomic E-state index is 11.5. The van der Waals surface area contributed by atoms with E-state index in [9.17, 15) is 4.79 Å². The minimum absolute atomic E-state index is 0.255. The Morgan fingerprint density at radius 1 is 1.69 bits per heavy atom. The highest BCUT2D eigenvalue weighted by molar-refractivity contribution is 7.17. The van der Waals surface area contributed by atoms with Gasteiger partial charge in [0.1, 0.15) is 0 Å². The first-order valence-electron chi connectivity index (χ1n) is 5.40. The molecule has 1 aromatic rings. The quantitative estimate of drug-likeness (QED) is 0.787. The van der Waals surface area contributed by atoms with E-state index < -0.39 is 0 Å². The Hall–Kier alpha value is -1.30. The first-order chi connectivity index (χ1) is 7.70. The van der Waals surface area contributed by atoms with Gasteiger partial charge in [-0.05, 0) is 26.2 Å². The van der Waals surface area contributed by atoms with Crippen molar-refractivity contribution in [2.75, 3.05) is 17.7 Å². The fourth-order valence-corrected chi connectivity index (χ4v) is 2.32. The highest BCUT2D eigenvalue weighted by atomic mass is 32.1. The zero-order valence-corrected chi connectivity index (χ0v) is 9.97. The molecule has 0 spiro atoms. The summed E-state index contributed by atoms with van der Waals surface area (Å²) in [7, 11) is 0. The van der Waals surface area contributed by atoms with Gasteiger partial charge in [0.2, 0.25) is 0 Å². The standard InChI is InChI=1S/C10H15N3O2S/c1-2-15-9(14)7-8(11)13-10(16-7)12-6-4-3-5-6/h6H,2-5,11H2,1H3,(H,12,13). The van der Waals surface area contributed by atoms with Crippen molar-refractivity contribution in [2.24, 2.45) is 0 Å². The number of hydrogen-bond acceptors (Lipinski definition) is 6. The highest BCUT2D eigenvalue weighted by Gasteiger charge is 2.21. The lowest BCUT2D eigenvalue weighted by molar-refractivity contribution is 0.0533. The fraction of sp³-hybridized carbons (Fsp3) is 0.600. The van der Waals surface area contributed by atoms with Gasteiger partial charge in [0, 0.05) is 6.04 Å². The molecule has 1 fully saturated rings. The zero-order chi connectivity index (χ0) is 11.5. The summed E-state index contributed by atoms with van der Waals surface area (Å²) in [6, 6.07) is 0.487. The van der Waals surface area contributed by atoms with Gasteiger partial charge in [-0.3, -0.25) is 0 Å². The SMILES string of the molecule is CCOC(=O)c1sc(NC2CCC2)nc1N. The van der Waals surface area contributed by atoms with Gasteiger partial charge < -0.3 is 15.8 Å². The van der Waals surface area contributed by atoms with Crippen molar-refractivity contribution in [3.63, 3.8) is 0 Å². The van der Waals surface area contributed by atoms with Crippen LogP contribution >= 0.6 is 11.3 Å². The van der Waals surface area contributed by atoms with Crippen LogP contribution in [-0.4, -0.2) is 23.6 Å². The average molecular weight is 241 g/mol. The smallest absolute Gasteiger partial charge is 0.352 e. The molecule has 0 bridgehead atoms. The molecule has 1 heterocycles. The highest BCUT2D eigenvalue weighted by Crippen LogP contribution is 2.29. The third-order valence-electron chi connectivity index (χ3n) is 2.55. The Morgan fingerprint density at radius 3 is 3.00 bits per heavy atom. The predicted octanol–water partition coefficient (Wildman–Crippen LogP) is 1.87. The summed E-state index contributed by atoms with van der Waals surface area (Å²) in [5.41, 5.74) is 5.67. The number of carbonyl (C=O) groups is 1. The molecular weight excluding hydrogens is 226 g/mol. The van der Waals surface area contributed by atoms with Crippen LogP contribution in [0.25, 0.3) is 0 Å². The Balaban J connectivity index is 2.05. The van der Waals surface area contributed by atoms with Crippen LogP contribution in [0.2, 0.25) is 0 Å². The van der Waals surface area contributed by atoms with Crippen molar-refractivity contribution >= 4 is 28.3 Å². The molecule has 0 saturated heterocycles. The minimum atomic E-state index is -0.390. The lowest BCUT2D eigenvalue weighted by Gasteiger charge is -2.25. The topological polar surface area (TPSA) is 77.2 Å². The molecule has 0 aromatic carbocycles. The maximum absolute atomic E-state index is 11.5. The molecule has 1 aromatic heterocycles. The number of hydrogen-bond donors (Lipinski definition) is 2. The van der Waals surface area contributed by atoms with E-state index >= 15 is 0 Å². The number of carbonyl (C=O) groups excluding carboxylic acids is 1. The Bertz CT molecular complexity index is 387. The number of nitrogens with zero attached hydrogens (tertiary/aromatic N) is 1. The Labute approximate surface area is 98.0 Å². The van der Waals surface area contributed by atoms with Gasteiger partial charge in [0.05, 0.1) is 6.61 Å². The molecule has 1 aliphatic rings. The summed E-state index contributed by atoms with van der Waals surface area (Å²) in [4.78, 5) is 16.0. The molecule has 3 N–H and O–H groups in total. The lowest BCUT2D eigenvalue weighted by atomic mass is 9.93. The number of nitrogen functional groups attached to an aromatic ring is 1. The molecule has 0 amide bonds. The van der Waals surface area contributed by atoms with E-state index in [4.69, 9.17) is 10.5 Å². The molecule has 2 rings (SSSR count). The summed E-state index contributed by atoms with van der Waals surface area (Å²) < 4.78 is 4.89.